The minimum absolute atomic E-state index is 0. The first kappa shape index (κ1) is 14.4. The molecular weight excluding hydrogens is 247 g/mol. The summed E-state index contributed by atoms with van der Waals surface area (Å²) in [4.78, 5) is 0. The Bertz CT molecular complexity index is 310. The highest BCUT2D eigenvalue weighted by molar-refractivity contribution is 6.32. The van der Waals surface area contributed by atoms with E-state index in [1.807, 2.05) is 0 Å². The first-order valence-electron chi connectivity index (χ1n) is 4.03. The lowest BCUT2D eigenvalue weighted by Crippen LogP contribution is -2.07. The van der Waals surface area contributed by atoms with Gasteiger partial charge in [-0.25, -0.2) is 8.78 Å². The van der Waals surface area contributed by atoms with Gasteiger partial charge in [-0.2, -0.15) is 0 Å². The molecule has 0 fully saturated rings. The number of hydrogen-bond acceptors (Lipinski definition) is 2. The second-order valence-electron chi connectivity index (χ2n) is 2.67. The van der Waals surface area contributed by atoms with Crippen LogP contribution in [0.3, 0.4) is 0 Å². The summed E-state index contributed by atoms with van der Waals surface area (Å²) in [5.41, 5.74) is 6.20. The van der Waals surface area contributed by atoms with Gasteiger partial charge in [0.15, 0.2) is 0 Å². The number of rotatable bonds is 4. The van der Waals surface area contributed by atoms with Gasteiger partial charge in [0.05, 0.1) is 5.02 Å². The van der Waals surface area contributed by atoms with Crippen molar-refractivity contribution in [2.75, 3.05) is 6.61 Å². The van der Waals surface area contributed by atoms with E-state index in [2.05, 4.69) is 0 Å². The van der Waals surface area contributed by atoms with E-state index in [0.29, 0.717) is 11.6 Å². The van der Waals surface area contributed by atoms with E-state index in [1.165, 1.54) is 6.07 Å². The summed E-state index contributed by atoms with van der Waals surface area (Å²) in [6.45, 7) is -0.295. The highest BCUT2D eigenvalue weighted by Gasteiger charge is 2.06. The number of nitrogens with two attached hydrogens (primary N) is 1. The Balaban J connectivity index is 0.00000196. The predicted octanol–water partition coefficient (Wildman–Crippen LogP) is 2.86. The lowest BCUT2D eigenvalue weighted by molar-refractivity contribution is 0.0819. The molecule has 0 spiro atoms. The topological polar surface area (TPSA) is 35.2 Å². The van der Waals surface area contributed by atoms with Gasteiger partial charge in [0, 0.05) is 6.54 Å². The van der Waals surface area contributed by atoms with Crippen molar-refractivity contribution >= 4 is 24.0 Å². The minimum atomic E-state index is -2.50. The van der Waals surface area contributed by atoms with Crippen LogP contribution in [0.25, 0.3) is 0 Å². The van der Waals surface area contributed by atoms with Crippen molar-refractivity contribution in [3.63, 3.8) is 0 Å². The molecule has 0 unspecified atom stereocenters. The fourth-order valence-electron chi connectivity index (χ4n) is 0.941. The lowest BCUT2D eigenvalue weighted by Gasteiger charge is -2.08. The molecule has 0 amide bonds. The maximum atomic E-state index is 11.8. The molecule has 0 atom stereocenters. The molecule has 0 aromatic heterocycles. The van der Waals surface area contributed by atoms with Gasteiger partial charge in [-0.1, -0.05) is 17.7 Å². The monoisotopic (exact) mass is 257 g/mol. The van der Waals surface area contributed by atoms with Crippen LogP contribution in [0.2, 0.25) is 5.02 Å². The second kappa shape index (κ2) is 6.82. The highest BCUT2D eigenvalue weighted by atomic mass is 35.5. The van der Waals surface area contributed by atoms with Gasteiger partial charge < -0.3 is 10.5 Å². The van der Waals surface area contributed by atoms with Crippen LogP contribution in [0.4, 0.5) is 8.78 Å². The van der Waals surface area contributed by atoms with Crippen molar-refractivity contribution in [2.24, 2.45) is 5.73 Å². The molecular formula is C9H11Cl2F2NO. The average Bonchev–Trinajstić information content (AvgIpc) is 2.15. The average molecular weight is 258 g/mol. The zero-order valence-electron chi connectivity index (χ0n) is 7.75. The molecule has 1 aromatic rings. The summed E-state index contributed by atoms with van der Waals surface area (Å²) in [6.07, 6.45) is -2.50. The Morgan fingerprint density at radius 1 is 1.40 bits per heavy atom. The van der Waals surface area contributed by atoms with Crippen molar-refractivity contribution < 1.29 is 13.5 Å². The van der Waals surface area contributed by atoms with Crippen molar-refractivity contribution in [3.8, 4) is 5.75 Å². The predicted molar refractivity (Wildman–Crippen MR) is 58.1 cm³/mol. The van der Waals surface area contributed by atoms with Gasteiger partial charge >= 0.3 is 0 Å². The molecule has 15 heavy (non-hydrogen) atoms. The molecule has 0 aliphatic rings. The molecule has 1 rings (SSSR count). The molecule has 0 aliphatic carbocycles. The standard InChI is InChI=1S/C9H10ClF2NO.ClH/c10-7-3-6(4-13)1-2-8(7)14-5-9(11)12;/h1-3,9H,4-5,13H2;1H. The third kappa shape index (κ3) is 4.64. The number of benzene rings is 1. The van der Waals surface area contributed by atoms with Crippen LogP contribution in [0, 0.1) is 0 Å². The molecule has 0 aliphatic heterocycles. The smallest absolute Gasteiger partial charge is 0.272 e. The van der Waals surface area contributed by atoms with E-state index in [1.54, 1.807) is 12.1 Å². The summed E-state index contributed by atoms with van der Waals surface area (Å²) < 4.78 is 28.4. The molecule has 0 saturated carbocycles. The molecule has 2 nitrogen and oxygen atoms in total. The third-order valence-electron chi connectivity index (χ3n) is 1.60. The van der Waals surface area contributed by atoms with Gasteiger partial charge in [0.2, 0.25) is 0 Å². The largest absolute Gasteiger partial charge is 0.486 e. The zero-order chi connectivity index (χ0) is 10.6. The number of hydrogen-bond donors (Lipinski definition) is 1. The molecule has 0 saturated heterocycles. The molecule has 2 N–H and O–H groups in total. The first-order chi connectivity index (χ1) is 6.63. The van der Waals surface area contributed by atoms with Crippen molar-refractivity contribution in [1.29, 1.82) is 0 Å². The SMILES string of the molecule is Cl.NCc1ccc(OCC(F)F)c(Cl)c1. The number of alkyl halides is 2. The highest BCUT2D eigenvalue weighted by Crippen LogP contribution is 2.25. The number of halogens is 4. The summed E-state index contributed by atoms with van der Waals surface area (Å²) in [5, 5.41) is 0.300. The van der Waals surface area contributed by atoms with E-state index >= 15 is 0 Å². The van der Waals surface area contributed by atoms with Gasteiger partial charge in [0.1, 0.15) is 12.4 Å². The van der Waals surface area contributed by atoms with E-state index in [4.69, 9.17) is 22.1 Å². The van der Waals surface area contributed by atoms with Crippen molar-refractivity contribution in [1.82, 2.24) is 0 Å². The Labute approximate surface area is 97.8 Å². The van der Waals surface area contributed by atoms with Gasteiger partial charge in [-0.05, 0) is 17.7 Å². The molecule has 0 bridgehead atoms. The van der Waals surface area contributed by atoms with Crippen LogP contribution in [0.15, 0.2) is 18.2 Å². The Hall–Kier alpha value is -0.580. The maximum Gasteiger partial charge on any atom is 0.272 e. The second-order valence-corrected chi connectivity index (χ2v) is 3.08. The molecule has 0 heterocycles. The molecule has 86 valence electrons. The summed E-state index contributed by atoms with van der Waals surface area (Å²) in [7, 11) is 0. The number of ether oxygens (including phenoxy) is 1. The van der Waals surface area contributed by atoms with Crippen LogP contribution in [0.5, 0.6) is 5.75 Å². The minimum Gasteiger partial charge on any atom is -0.486 e. The van der Waals surface area contributed by atoms with Crippen LogP contribution in [0.1, 0.15) is 5.56 Å². The van der Waals surface area contributed by atoms with E-state index in [-0.39, 0.29) is 18.2 Å². The summed E-state index contributed by atoms with van der Waals surface area (Å²) in [5.74, 6) is 0.254. The van der Waals surface area contributed by atoms with Crippen LogP contribution in [-0.2, 0) is 6.54 Å². The Morgan fingerprint density at radius 3 is 2.53 bits per heavy atom. The van der Waals surface area contributed by atoms with Crippen molar-refractivity contribution in [3.05, 3.63) is 28.8 Å². The van der Waals surface area contributed by atoms with Gasteiger partial charge in [-0.15, -0.1) is 12.4 Å². The van der Waals surface area contributed by atoms with Gasteiger partial charge in [-0.3, -0.25) is 0 Å². The normalized spacial score (nSPS) is 9.93. The summed E-state index contributed by atoms with van der Waals surface area (Å²) >= 11 is 5.77. The molecule has 0 radical (unpaired) electrons. The van der Waals surface area contributed by atoms with E-state index in [9.17, 15) is 8.78 Å². The third-order valence-corrected chi connectivity index (χ3v) is 1.89. The van der Waals surface area contributed by atoms with E-state index in [0.717, 1.165) is 5.56 Å². The van der Waals surface area contributed by atoms with Gasteiger partial charge in [0.25, 0.3) is 6.43 Å². The molecule has 1 aromatic carbocycles. The van der Waals surface area contributed by atoms with Crippen molar-refractivity contribution in [2.45, 2.75) is 13.0 Å². The van der Waals surface area contributed by atoms with Crippen LogP contribution in [-0.4, -0.2) is 13.0 Å². The fourth-order valence-corrected chi connectivity index (χ4v) is 1.20. The summed E-state index contributed by atoms with van der Waals surface area (Å²) in [6, 6.07) is 4.82. The van der Waals surface area contributed by atoms with Crippen LogP contribution < -0.4 is 10.5 Å². The van der Waals surface area contributed by atoms with E-state index < -0.39 is 13.0 Å². The Kier molecular flexibility index (Phi) is 6.56. The first-order valence-corrected chi connectivity index (χ1v) is 4.40. The quantitative estimate of drug-likeness (QED) is 0.901. The maximum absolute atomic E-state index is 11.8. The van der Waals surface area contributed by atoms with Crippen LogP contribution >= 0.6 is 24.0 Å². The Morgan fingerprint density at radius 2 is 2.07 bits per heavy atom. The zero-order valence-corrected chi connectivity index (χ0v) is 9.32. The fraction of sp³-hybridized carbons (Fsp3) is 0.333. The molecule has 6 heteroatoms. The lowest BCUT2D eigenvalue weighted by atomic mass is 10.2.